The minimum Gasteiger partial charge on any atom is -0.365 e. The van der Waals surface area contributed by atoms with Crippen LogP contribution in [0.4, 0.5) is 10.2 Å². The average Bonchev–Trinajstić information content (AvgIpc) is 3.20. The Morgan fingerprint density at radius 1 is 1.16 bits per heavy atom. The maximum absolute atomic E-state index is 12.8. The zero-order valence-electron chi connectivity index (χ0n) is 10.0. The summed E-state index contributed by atoms with van der Waals surface area (Å²) in [5.41, 5.74) is 1.43. The number of nitrogens with zero attached hydrogens (tertiary/aromatic N) is 3. The Kier molecular flexibility index (Phi) is 2.84. The monoisotopic (exact) mass is 254 g/mol. The van der Waals surface area contributed by atoms with Crippen LogP contribution in [-0.2, 0) is 0 Å². The number of aromatic nitrogens is 2. The fourth-order valence-electron chi connectivity index (χ4n) is 2.09. The SMILES string of the molecule is N#Cc1ccc(N[C@@H]2C[C@H]2c2ccc(F)cc2)nn1. The summed E-state index contributed by atoms with van der Waals surface area (Å²) in [6.07, 6.45) is 0.993. The number of nitrogens with one attached hydrogen (secondary N) is 1. The predicted molar refractivity (Wildman–Crippen MR) is 67.9 cm³/mol. The molecule has 4 nitrogen and oxygen atoms in total. The first kappa shape index (κ1) is 11.6. The van der Waals surface area contributed by atoms with Gasteiger partial charge in [-0.3, -0.25) is 0 Å². The molecule has 1 aromatic carbocycles. The van der Waals surface area contributed by atoms with Crippen molar-refractivity contribution >= 4 is 5.82 Å². The predicted octanol–water partition coefficient (Wildman–Crippen LogP) is 2.46. The standard InChI is InChI=1S/C14H11FN4/c15-10-3-1-9(2-4-10)12-7-13(12)17-14-6-5-11(8-16)18-19-14/h1-6,12-13H,7H2,(H,17,19)/t12-,13+/m0/s1. The summed E-state index contributed by atoms with van der Waals surface area (Å²) in [5.74, 6) is 0.832. The lowest BCUT2D eigenvalue weighted by molar-refractivity contribution is 0.627. The third-order valence-electron chi connectivity index (χ3n) is 3.20. The minimum absolute atomic E-state index is 0.216. The Hall–Kier alpha value is -2.48. The van der Waals surface area contributed by atoms with E-state index >= 15 is 0 Å². The maximum atomic E-state index is 12.8. The normalized spacial score (nSPS) is 20.6. The molecule has 2 aromatic rings. The van der Waals surface area contributed by atoms with E-state index in [1.807, 2.05) is 18.2 Å². The molecule has 1 saturated carbocycles. The third-order valence-corrected chi connectivity index (χ3v) is 3.20. The van der Waals surface area contributed by atoms with Crippen LogP contribution < -0.4 is 5.32 Å². The third kappa shape index (κ3) is 2.52. The number of hydrogen-bond donors (Lipinski definition) is 1. The van der Waals surface area contributed by atoms with Crippen molar-refractivity contribution in [1.82, 2.24) is 10.2 Å². The second kappa shape index (κ2) is 4.65. The van der Waals surface area contributed by atoms with Gasteiger partial charge in [0.15, 0.2) is 5.69 Å². The van der Waals surface area contributed by atoms with Gasteiger partial charge in [0.05, 0.1) is 0 Å². The van der Waals surface area contributed by atoms with Crippen molar-refractivity contribution in [2.24, 2.45) is 0 Å². The van der Waals surface area contributed by atoms with Crippen LogP contribution in [0.5, 0.6) is 0 Å². The fraction of sp³-hybridized carbons (Fsp3) is 0.214. The number of nitriles is 1. The van der Waals surface area contributed by atoms with Crippen LogP contribution in [0, 0.1) is 17.1 Å². The Bertz CT molecular complexity index is 615. The first-order valence-electron chi connectivity index (χ1n) is 6.02. The van der Waals surface area contributed by atoms with E-state index in [0.717, 1.165) is 12.0 Å². The van der Waals surface area contributed by atoms with Crippen molar-refractivity contribution in [2.45, 2.75) is 18.4 Å². The lowest BCUT2D eigenvalue weighted by Gasteiger charge is -2.04. The van der Waals surface area contributed by atoms with Gasteiger partial charge in [-0.25, -0.2) is 4.39 Å². The molecule has 1 aliphatic rings. The van der Waals surface area contributed by atoms with Gasteiger partial charge in [0.1, 0.15) is 17.7 Å². The van der Waals surface area contributed by atoms with Crippen molar-refractivity contribution in [3.05, 3.63) is 53.5 Å². The Labute approximate surface area is 109 Å². The second-order valence-electron chi connectivity index (χ2n) is 4.56. The molecule has 1 aliphatic carbocycles. The minimum atomic E-state index is -0.216. The molecule has 19 heavy (non-hydrogen) atoms. The fourth-order valence-corrected chi connectivity index (χ4v) is 2.09. The largest absolute Gasteiger partial charge is 0.365 e. The lowest BCUT2D eigenvalue weighted by Crippen LogP contribution is -2.06. The van der Waals surface area contributed by atoms with Gasteiger partial charge in [0.25, 0.3) is 0 Å². The quantitative estimate of drug-likeness (QED) is 0.913. The molecule has 1 N–H and O–H groups in total. The molecule has 0 radical (unpaired) electrons. The van der Waals surface area contributed by atoms with E-state index in [1.165, 1.54) is 12.1 Å². The van der Waals surface area contributed by atoms with Crippen molar-refractivity contribution in [2.75, 3.05) is 5.32 Å². The summed E-state index contributed by atoms with van der Waals surface area (Å²) in [5, 5.41) is 19.6. The van der Waals surface area contributed by atoms with E-state index in [-0.39, 0.29) is 5.82 Å². The van der Waals surface area contributed by atoms with Crippen molar-refractivity contribution in [3.8, 4) is 6.07 Å². The van der Waals surface area contributed by atoms with Gasteiger partial charge in [-0.2, -0.15) is 5.26 Å². The van der Waals surface area contributed by atoms with E-state index in [4.69, 9.17) is 5.26 Å². The highest BCUT2D eigenvalue weighted by atomic mass is 19.1. The molecule has 0 aliphatic heterocycles. The molecule has 0 spiro atoms. The Balaban J connectivity index is 1.64. The zero-order valence-corrected chi connectivity index (χ0v) is 10.0. The molecule has 1 aromatic heterocycles. The van der Waals surface area contributed by atoms with E-state index < -0.39 is 0 Å². The first-order valence-corrected chi connectivity index (χ1v) is 6.02. The van der Waals surface area contributed by atoms with Crippen LogP contribution in [0.15, 0.2) is 36.4 Å². The molecule has 0 amide bonds. The van der Waals surface area contributed by atoms with Crippen LogP contribution in [-0.4, -0.2) is 16.2 Å². The van der Waals surface area contributed by atoms with Gasteiger partial charge in [-0.15, -0.1) is 10.2 Å². The first-order chi connectivity index (χ1) is 9.26. The summed E-state index contributed by atoms with van der Waals surface area (Å²) in [4.78, 5) is 0. The molecule has 1 fully saturated rings. The molecule has 94 valence electrons. The average molecular weight is 254 g/mol. The van der Waals surface area contributed by atoms with Crippen LogP contribution in [0.1, 0.15) is 23.6 Å². The number of hydrogen-bond acceptors (Lipinski definition) is 4. The molecular weight excluding hydrogens is 243 g/mol. The molecule has 3 rings (SSSR count). The number of anilines is 1. The summed E-state index contributed by atoms with van der Waals surface area (Å²) in [6.45, 7) is 0. The van der Waals surface area contributed by atoms with Crippen LogP contribution >= 0.6 is 0 Å². The summed E-state index contributed by atoms with van der Waals surface area (Å²) in [7, 11) is 0. The van der Waals surface area contributed by atoms with Crippen LogP contribution in [0.3, 0.4) is 0 Å². The van der Waals surface area contributed by atoms with E-state index in [2.05, 4.69) is 15.5 Å². The number of halogens is 1. The molecular formula is C14H11FN4. The number of rotatable bonds is 3. The van der Waals surface area contributed by atoms with Crippen molar-refractivity contribution < 1.29 is 4.39 Å². The van der Waals surface area contributed by atoms with Gasteiger partial charge in [0, 0.05) is 12.0 Å². The van der Waals surface area contributed by atoms with Gasteiger partial charge in [-0.05, 0) is 36.2 Å². The molecule has 0 bridgehead atoms. The summed E-state index contributed by atoms with van der Waals surface area (Å²) in [6, 6.07) is 12.2. The van der Waals surface area contributed by atoms with Crippen molar-refractivity contribution in [1.29, 1.82) is 5.26 Å². The van der Waals surface area contributed by atoms with Gasteiger partial charge >= 0.3 is 0 Å². The van der Waals surface area contributed by atoms with Crippen molar-refractivity contribution in [3.63, 3.8) is 0 Å². The molecule has 0 unspecified atom stereocenters. The molecule has 1 heterocycles. The molecule has 0 saturated heterocycles. The topological polar surface area (TPSA) is 61.6 Å². The number of benzene rings is 1. The maximum Gasteiger partial charge on any atom is 0.163 e. The smallest absolute Gasteiger partial charge is 0.163 e. The zero-order chi connectivity index (χ0) is 13.2. The van der Waals surface area contributed by atoms with E-state index in [9.17, 15) is 4.39 Å². The highest BCUT2D eigenvalue weighted by molar-refractivity contribution is 5.41. The second-order valence-corrected chi connectivity index (χ2v) is 4.56. The summed E-state index contributed by atoms with van der Waals surface area (Å²) >= 11 is 0. The summed E-state index contributed by atoms with van der Waals surface area (Å²) < 4.78 is 12.8. The highest BCUT2D eigenvalue weighted by Gasteiger charge is 2.38. The molecule has 5 heteroatoms. The van der Waals surface area contributed by atoms with E-state index in [0.29, 0.717) is 23.5 Å². The van der Waals surface area contributed by atoms with Gasteiger partial charge in [0.2, 0.25) is 0 Å². The Morgan fingerprint density at radius 3 is 2.58 bits per heavy atom. The van der Waals surface area contributed by atoms with Gasteiger partial charge < -0.3 is 5.32 Å². The highest BCUT2D eigenvalue weighted by Crippen LogP contribution is 2.42. The van der Waals surface area contributed by atoms with Gasteiger partial charge in [-0.1, -0.05) is 12.1 Å². The van der Waals surface area contributed by atoms with Crippen LogP contribution in [0.2, 0.25) is 0 Å². The Morgan fingerprint density at radius 2 is 1.95 bits per heavy atom. The lowest BCUT2D eigenvalue weighted by atomic mass is 10.1. The van der Waals surface area contributed by atoms with E-state index in [1.54, 1.807) is 12.1 Å². The van der Waals surface area contributed by atoms with Crippen LogP contribution in [0.25, 0.3) is 0 Å². The molecule has 2 atom stereocenters.